The van der Waals surface area contributed by atoms with Gasteiger partial charge in [0.2, 0.25) is 5.91 Å². The second-order valence-corrected chi connectivity index (χ2v) is 6.25. The highest BCUT2D eigenvalue weighted by Gasteiger charge is 2.38. The highest BCUT2D eigenvalue weighted by atomic mass is 32.1. The molecule has 0 saturated carbocycles. The second kappa shape index (κ2) is 6.26. The number of hydrogen-bond donors (Lipinski definition) is 1. The van der Waals surface area contributed by atoms with Gasteiger partial charge in [-0.15, -0.1) is 11.3 Å². The van der Waals surface area contributed by atoms with E-state index in [-0.39, 0.29) is 29.6 Å². The lowest BCUT2D eigenvalue weighted by Crippen LogP contribution is -2.29. The minimum Gasteiger partial charge on any atom is -0.469 e. The summed E-state index contributed by atoms with van der Waals surface area (Å²) in [5.41, 5.74) is 0. The first-order valence-corrected chi connectivity index (χ1v) is 7.48. The summed E-state index contributed by atoms with van der Waals surface area (Å²) in [5.74, 6) is -0.751. The number of rotatable bonds is 3. The number of hydrogen-bond acceptors (Lipinski definition) is 5. The van der Waals surface area contributed by atoms with Gasteiger partial charge in [0.05, 0.1) is 22.9 Å². The lowest BCUT2D eigenvalue weighted by atomic mass is 9.99. The maximum Gasteiger partial charge on any atom is 0.310 e. The number of amides is 2. The van der Waals surface area contributed by atoms with E-state index in [9.17, 15) is 14.4 Å². The Bertz CT molecular complexity index is 569. The van der Waals surface area contributed by atoms with Crippen LogP contribution in [-0.4, -0.2) is 42.9 Å². The van der Waals surface area contributed by atoms with Crippen molar-refractivity contribution in [2.24, 2.45) is 11.8 Å². The van der Waals surface area contributed by atoms with Crippen molar-refractivity contribution in [3.63, 3.8) is 0 Å². The van der Waals surface area contributed by atoms with Crippen LogP contribution in [0.4, 0.5) is 5.00 Å². The van der Waals surface area contributed by atoms with Crippen LogP contribution in [0.15, 0.2) is 12.1 Å². The van der Waals surface area contributed by atoms with Crippen molar-refractivity contribution in [1.82, 2.24) is 4.90 Å². The normalized spacial score (nSPS) is 21.2. The summed E-state index contributed by atoms with van der Waals surface area (Å²) >= 11 is 1.23. The summed E-state index contributed by atoms with van der Waals surface area (Å²) in [4.78, 5) is 37.3. The molecule has 1 aromatic rings. The van der Waals surface area contributed by atoms with Crippen LogP contribution >= 0.6 is 11.3 Å². The number of likely N-dealkylation sites (tertiary alicyclic amines) is 1. The molecule has 1 aromatic heterocycles. The van der Waals surface area contributed by atoms with Gasteiger partial charge >= 0.3 is 5.97 Å². The maximum absolute atomic E-state index is 12.4. The molecule has 21 heavy (non-hydrogen) atoms. The Kier molecular flexibility index (Phi) is 4.62. The predicted molar refractivity (Wildman–Crippen MR) is 79.2 cm³/mol. The number of carbonyl (C=O) groups excluding carboxylic acids is 3. The second-order valence-electron chi connectivity index (χ2n) is 5.16. The Morgan fingerprint density at radius 2 is 2.05 bits per heavy atom. The van der Waals surface area contributed by atoms with Crippen LogP contribution in [0.1, 0.15) is 23.5 Å². The molecule has 0 radical (unpaired) electrons. The monoisotopic (exact) mass is 310 g/mol. The van der Waals surface area contributed by atoms with Gasteiger partial charge in [0.25, 0.3) is 5.91 Å². The summed E-state index contributed by atoms with van der Waals surface area (Å²) in [7, 11) is 1.36. The number of esters is 1. The Hall–Kier alpha value is -1.89. The standard InChI is InChI=1S/C14H18N2O4S/c1-8-6-16(7-10(8)14(19)20-3)13(18)11-4-5-12(21-11)15-9(2)17/h4-5,8,10H,6-7H2,1-3H3,(H,15,17). The summed E-state index contributed by atoms with van der Waals surface area (Å²) in [6.45, 7) is 4.27. The maximum atomic E-state index is 12.4. The van der Waals surface area contributed by atoms with Gasteiger partial charge in [-0.2, -0.15) is 0 Å². The molecule has 0 aromatic carbocycles. The number of methoxy groups -OCH3 is 1. The molecule has 1 aliphatic heterocycles. The summed E-state index contributed by atoms with van der Waals surface area (Å²) in [5, 5.41) is 3.29. The third-order valence-corrected chi connectivity index (χ3v) is 4.51. The molecule has 114 valence electrons. The van der Waals surface area contributed by atoms with E-state index < -0.39 is 0 Å². The first kappa shape index (κ1) is 15.5. The van der Waals surface area contributed by atoms with Crippen molar-refractivity contribution in [1.29, 1.82) is 0 Å². The molecular weight excluding hydrogens is 292 g/mol. The van der Waals surface area contributed by atoms with Gasteiger partial charge in [-0.25, -0.2) is 0 Å². The lowest BCUT2D eigenvalue weighted by Gasteiger charge is -2.14. The molecule has 2 unspecified atom stereocenters. The predicted octanol–water partition coefficient (Wildman–Crippen LogP) is 1.59. The molecular formula is C14H18N2O4S. The first-order valence-electron chi connectivity index (χ1n) is 6.67. The highest BCUT2D eigenvalue weighted by Crippen LogP contribution is 2.28. The van der Waals surface area contributed by atoms with Crippen molar-refractivity contribution >= 4 is 34.1 Å². The first-order chi connectivity index (χ1) is 9.92. The number of carbonyl (C=O) groups is 3. The number of ether oxygens (including phenoxy) is 1. The van der Waals surface area contributed by atoms with Crippen LogP contribution in [0, 0.1) is 11.8 Å². The zero-order chi connectivity index (χ0) is 15.6. The number of nitrogens with zero attached hydrogens (tertiary/aromatic N) is 1. The van der Waals surface area contributed by atoms with E-state index in [1.807, 2.05) is 6.92 Å². The fraction of sp³-hybridized carbons (Fsp3) is 0.500. The van der Waals surface area contributed by atoms with Gasteiger partial charge < -0.3 is 15.0 Å². The molecule has 1 aliphatic rings. The zero-order valence-electron chi connectivity index (χ0n) is 12.2. The molecule has 2 heterocycles. The fourth-order valence-electron chi connectivity index (χ4n) is 2.44. The molecule has 1 saturated heterocycles. The van der Waals surface area contributed by atoms with Gasteiger partial charge in [0, 0.05) is 20.0 Å². The minimum absolute atomic E-state index is 0.0798. The van der Waals surface area contributed by atoms with Crippen molar-refractivity contribution in [2.75, 3.05) is 25.5 Å². The van der Waals surface area contributed by atoms with Gasteiger partial charge in [-0.1, -0.05) is 6.92 Å². The Morgan fingerprint density at radius 3 is 2.67 bits per heavy atom. The molecule has 1 N–H and O–H groups in total. The van der Waals surface area contributed by atoms with E-state index in [4.69, 9.17) is 4.74 Å². The fourth-order valence-corrected chi connectivity index (χ4v) is 3.36. The quantitative estimate of drug-likeness (QED) is 0.860. The average molecular weight is 310 g/mol. The SMILES string of the molecule is COC(=O)C1CN(C(=O)c2ccc(NC(C)=O)s2)CC1C. The zero-order valence-corrected chi connectivity index (χ0v) is 13.0. The molecule has 0 bridgehead atoms. The Balaban J connectivity index is 2.05. The van der Waals surface area contributed by atoms with Crippen LogP contribution in [0.25, 0.3) is 0 Å². The Labute approximate surface area is 127 Å². The molecule has 2 amide bonds. The lowest BCUT2D eigenvalue weighted by molar-refractivity contribution is -0.146. The molecule has 7 heteroatoms. The van der Waals surface area contributed by atoms with E-state index in [2.05, 4.69) is 5.32 Å². The molecule has 6 nitrogen and oxygen atoms in total. The van der Waals surface area contributed by atoms with Gasteiger partial charge in [0.15, 0.2) is 0 Å². The Morgan fingerprint density at radius 1 is 1.33 bits per heavy atom. The van der Waals surface area contributed by atoms with Gasteiger partial charge in [-0.3, -0.25) is 14.4 Å². The highest BCUT2D eigenvalue weighted by molar-refractivity contribution is 7.18. The largest absolute Gasteiger partial charge is 0.469 e. The van der Waals surface area contributed by atoms with E-state index in [1.165, 1.54) is 25.4 Å². The number of nitrogens with one attached hydrogen (secondary N) is 1. The number of anilines is 1. The van der Waals surface area contributed by atoms with Gasteiger partial charge in [0.1, 0.15) is 0 Å². The summed E-state index contributed by atoms with van der Waals surface area (Å²) in [6, 6.07) is 3.39. The van der Waals surface area contributed by atoms with Crippen LogP contribution in [0.2, 0.25) is 0 Å². The van der Waals surface area contributed by atoms with Gasteiger partial charge in [-0.05, 0) is 18.1 Å². The van der Waals surface area contributed by atoms with Crippen molar-refractivity contribution in [2.45, 2.75) is 13.8 Å². The third kappa shape index (κ3) is 3.41. The van der Waals surface area contributed by atoms with Crippen LogP contribution in [0.3, 0.4) is 0 Å². The smallest absolute Gasteiger partial charge is 0.310 e. The minimum atomic E-state index is -0.275. The molecule has 2 rings (SSSR count). The summed E-state index contributed by atoms with van der Waals surface area (Å²) in [6.07, 6.45) is 0. The summed E-state index contributed by atoms with van der Waals surface area (Å²) < 4.78 is 4.76. The van der Waals surface area contributed by atoms with Crippen molar-refractivity contribution < 1.29 is 19.1 Å². The number of thiophene rings is 1. The van der Waals surface area contributed by atoms with E-state index >= 15 is 0 Å². The van der Waals surface area contributed by atoms with Crippen LogP contribution in [-0.2, 0) is 14.3 Å². The molecule has 1 fully saturated rings. The van der Waals surface area contributed by atoms with E-state index in [1.54, 1.807) is 17.0 Å². The van der Waals surface area contributed by atoms with Crippen molar-refractivity contribution in [3.8, 4) is 0 Å². The van der Waals surface area contributed by atoms with Crippen LogP contribution in [0.5, 0.6) is 0 Å². The molecule has 2 atom stereocenters. The third-order valence-electron chi connectivity index (χ3n) is 3.52. The van der Waals surface area contributed by atoms with Crippen LogP contribution < -0.4 is 5.32 Å². The molecule has 0 aliphatic carbocycles. The van der Waals surface area contributed by atoms with E-state index in [0.717, 1.165) is 0 Å². The van der Waals surface area contributed by atoms with Crippen molar-refractivity contribution in [3.05, 3.63) is 17.0 Å². The topological polar surface area (TPSA) is 75.7 Å². The molecule has 0 spiro atoms. The average Bonchev–Trinajstić information content (AvgIpc) is 3.03. The van der Waals surface area contributed by atoms with E-state index in [0.29, 0.717) is 23.0 Å².